The Hall–Kier alpha value is -1.43. The number of carbonyl (C=O) groups is 1. The summed E-state index contributed by atoms with van der Waals surface area (Å²) in [7, 11) is 1.35. The van der Waals surface area contributed by atoms with Gasteiger partial charge in [0.15, 0.2) is 11.5 Å². The lowest BCUT2D eigenvalue weighted by Crippen LogP contribution is -2.17. The molecule has 1 aliphatic rings. The molecule has 6 heteroatoms. The number of halogens is 1. The third-order valence-electron chi connectivity index (χ3n) is 2.28. The van der Waals surface area contributed by atoms with Crippen molar-refractivity contribution in [3.63, 3.8) is 0 Å². The van der Waals surface area contributed by atoms with E-state index < -0.39 is 0 Å². The fourth-order valence-corrected chi connectivity index (χ4v) is 1.90. The maximum Gasteiger partial charge on any atom is 0.325 e. The number of esters is 1. The third-order valence-corrected chi connectivity index (χ3v) is 2.94. The summed E-state index contributed by atoms with van der Waals surface area (Å²) in [6.07, 6.45) is 0. The van der Waals surface area contributed by atoms with Gasteiger partial charge in [0, 0.05) is 16.6 Å². The first-order valence-corrected chi connectivity index (χ1v) is 5.90. The number of hydrogen-bond donors (Lipinski definition) is 1. The van der Waals surface area contributed by atoms with Crippen molar-refractivity contribution in [3.8, 4) is 11.5 Å². The van der Waals surface area contributed by atoms with Crippen LogP contribution in [-0.4, -0.2) is 32.8 Å². The second kappa shape index (κ2) is 5.27. The van der Waals surface area contributed by atoms with E-state index in [0.717, 1.165) is 10.2 Å². The van der Waals surface area contributed by atoms with Crippen molar-refractivity contribution in [1.29, 1.82) is 0 Å². The minimum absolute atomic E-state index is 0.106. The van der Waals surface area contributed by atoms with Gasteiger partial charge in [0.05, 0.1) is 12.8 Å². The van der Waals surface area contributed by atoms with Crippen LogP contribution in [0.2, 0.25) is 0 Å². The topological polar surface area (TPSA) is 56.8 Å². The van der Waals surface area contributed by atoms with Crippen LogP contribution in [-0.2, 0) is 9.53 Å². The molecule has 0 unspecified atom stereocenters. The molecule has 0 fully saturated rings. The molecule has 1 aromatic rings. The molecule has 92 valence electrons. The highest BCUT2D eigenvalue weighted by molar-refractivity contribution is 9.10. The van der Waals surface area contributed by atoms with Gasteiger partial charge in [-0.1, -0.05) is 0 Å². The van der Waals surface area contributed by atoms with Crippen LogP contribution >= 0.6 is 15.9 Å². The number of fused-ring (bicyclic) bond motifs is 1. The second-order valence-corrected chi connectivity index (χ2v) is 4.26. The fraction of sp³-hybridized carbons (Fsp3) is 0.364. The number of hydrogen-bond acceptors (Lipinski definition) is 5. The Kier molecular flexibility index (Phi) is 3.73. The summed E-state index contributed by atoms with van der Waals surface area (Å²) >= 11 is 3.40. The molecule has 2 rings (SSSR count). The number of ether oxygens (including phenoxy) is 3. The number of rotatable bonds is 3. The Bertz CT molecular complexity index is 436. The summed E-state index contributed by atoms with van der Waals surface area (Å²) in [6, 6.07) is 3.61. The van der Waals surface area contributed by atoms with Gasteiger partial charge >= 0.3 is 5.97 Å². The van der Waals surface area contributed by atoms with Gasteiger partial charge in [-0.3, -0.25) is 4.79 Å². The predicted octanol–water partition coefficient (Wildman–Crippen LogP) is 1.81. The molecule has 0 amide bonds. The first kappa shape index (κ1) is 12.0. The smallest absolute Gasteiger partial charge is 0.325 e. The molecule has 0 bridgehead atoms. The molecule has 0 atom stereocenters. The van der Waals surface area contributed by atoms with Gasteiger partial charge in [-0.05, 0) is 15.9 Å². The quantitative estimate of drug-likeness (QED) is 0.863. The molecule has 0 aliphatic carbocycles. The molecule has 0 saturated heterocycles. The summed E-state index contributed by atoms with van der Waals surface area (Å²) in [4.78, 5) is 11.0. The van der Waals surface area contributed by atoms with Crippen molar-refractivity contribution in [2.75, 3.05) is 32.2 Å². The minimum Gasteiger partial charge on any atom is -0.486 e. The van der Waals surface area contributed by atoms with Crippen LogP contribution in [0.5, 0.6) is 11.5 Å². The Morgan fingerprint density at radius 1 is 1.41 bits per heavy atom. The highest BCUT2D eigenvalue weighted by atomic mass is 79.9. The average Bonchev–Trinajstić information content (AvgIpc) is 2.35. The molecule has 5 nitrogen and oxygen atoms in total. The first-order chi connectivity index (χ1) is 8.20. The summed E-state index contributed by atoms with van der Waals surface area (Å²) in [5.74, 6) is 1.05. The monoisotopic (exact) mass is 301 g/mol. The molecule has 1 heterocycles. The van der Waals surface area contributed by atoms with Crippen LogP contribution in [0.1, 0.15) is 0 Å². The van der Waals surface area contributed by atoms with Gasteiger partial charge in [0.2, 0.25) is 0 Å². The van der Waals surface area contributed by atoms with Gasteiger partial charge in [-0.15, -0.1) is 0 Å². The maximum absolute atomic E-state index is 11.0. The van der Waals surface area contributed by atoms with Gasteiger partial charge in [0.1, 0.15) is 19.8 Å². The Morgan fingerprint density at radius 2 is 2.06 bits per heavy atom. The van der Waals surface area contributed by atoms with Crippen LogP contribution in [0.3, 0.4) is 0 Å². The second-order valence-electron chi connectivity index (χ2n) is 3.41. The molecule has 17 heavy (non-hydrogen) atoms. The molecule has 0 aromatic heterocycles. The first-order valence-electron chi connectivity index (χ1n) is 5.10. The van der Waals surface area contributed by atoms with Crippen molar-refractivity contribution >= 4 is 27.6 Å². The molecule has 0 spiro atoms. The molecule has 0 saturated carbocycles. The van der Waals surface area contributed by atoms with Crippen molar-refractivity contribution < 1.29 is 19.0 Å². The summed E-state index contributed by atoms with van der Waals surface area (Å²) in [5, 5.41) is 2.96. The van der Waals surface area contributed by atoms with Gasteiger partial charge < -0.3 is 19.5 Å². The summed E-state index contributed by atoms with van der Waals surface area (Å²) < 4.78 is 16.2. The van der Waals surface area contributed by atoms with E-state index in [0.29, 0.717) is 24.7 Å². The predicted molar refractivity (Wildman–Crippen MR) is 65.6 cm³/mol. The number of methoxy groups -OCH3 is 1. The standard InChI is InChI=1S/C11H12BrNO4/c1-15-11(14)6-13-8-5-10-9(4-7(8)12)16-2-3-17-10/h4-5,13H,2-3,6H2,1H3. The zero-order chi connectivity index (χ0) is 12.3. The average molecular weight is 302 g/mol. The van der Waals surface area contributed by atoms with E-state index in [-0.39, 0.29) is 12.5 Å². The van der Waals surface area contributed by atoms with E-state index in [9.17, 15) is 4.79 Å². The van der Waals surface area contributed by atoms with Crippen LogP contribution < -0.4 is 14.8 Å². The molecule has 0 radical (unpaired) electrons. The minimum atomic E-state index is -0.327. The zero-order valence-corrected chi connectivity index (χ0v) is 10.9. The lowest BCUT2D eigenvalue weighted by molar-refractivity contribution is -0.138. The van der Waals surface area contributed by atoms with E-state index in [4.69, 9.17) is 9.47 Å². The van der Waals surface area contributed by atoms with E-state index in [2.05, 4.69) is 26.0 Å². The highest BCUT2D eigenvalue weighted by Crippen LogP contribution is 2.37. The Balaban J connectivity index is 2.14. The maximum atomic E-state index is 11.0. The molecule has 1 aliphatic heterocycles. The lowest BCUT2D eigenvalue weighted by atomic mass is 10.2. The Morgan fingerprint density at radius 3 is 2.71 bits per heavy atom. The van der Waals surface area contributed by atoms with Gasteiger partial charge in [-0.25, -0.2) is 0 Å². The van der Waals surface area contributed by atoms with Crippen molar-refractivity contribution in [3.05, 3.63) is 16.6 Å². The SMILES string of the molecule is COC(=O)CNc1cc2c(cc1Br)OCCO2. The normalized spacial score (nSPS) is 13.1. The van der Waals surface area contributed by atoms with Crippen molar-refractivity contribution in [1.82, 2.24) is 0 Å². The van der Waals surface area contributed by atoms with Gasteiger partial charge in [-0.2, -0.15) is 0 Å². The molecule has 1 N–H and O–H groups in total. The molecule has 1 aromatic carbocycles. The summed E-state index contributed by atoms with van der Waals surface area (Å²) in [6.45, 7) is 1.19. The summed E-state index contributed by atoms with van der Waals surface area (Å²) in [5.41, 5.74) is 0.764. The number of nitrogens with one attached hydrogen (secondary N) is 1. The van der Waals surface area contributed by atoms with Crippen molar-refractivity contribution in [2.45, 2.75) is 0 Å². The fourth-order valence-electron chi connectivity index (χ4n) is 1.44. The van der Waals surface area contributed by atoms with Crippen LogP contribution in [0.25, 0.3) is 0 Å². The lowest BCUT2D eigenvalue weighted by Gasteiger charge is -2.20. The number of anilines is 1. The number of carbonyl (C=O) groups excluding carboxylic acids is 1. The molecular weight excluding hydrogens is 290 g/mol. The zero-order valence-electron chi connectivity index (χ0n) is 9.29. The highest BCUT2D eigenvalue weighted by Gasteiger charge is 2.15. The van der Waals surface area contributed by atoms with Crippen LogP contribution in [0.15, 0.2) is 16.6 Å². The van der Waals surface area contributed by atoms with E-state index in [1.54, 1.807) is 6.07 Å². The van der Waals surface area contributed by atoms with E-state index in [1.165, 1.54) is 7.11 Å². The van der Waals surface area contributed by atoms with E-state index in [1.807, 2.05) is 6.07 Å². The van der Waals surface area contributed by atoms with Crippen LogP contribution in [0.4, 0.5) is 5.69 Å². The van der Waals surface area contributed by atoms with Crippen LogP contribution in [0, 0.1) is 0 Å². The number of benzene rings is 1. The molecular formula is C11H12BrNO4. The van der Waals surface area contributed by atoms with Gasteiger partial charge in [0.25, 0.3) is 0 Å². The third kappa shape index (κ3) is 2.82. The largest absolute Gasteiger partial charge is 0.486 e. The van der Waals surface area contributed by atoms with E-state index >= 15 is 0 Å². The Labute approximate surface area is 107 Å². The van der Waals surface area contributed by atoms with Crippen molar-refractivity contribution in [2.24, 2.45) is 0 Å².